The Morgan fingerprint density at radius 2 is 2.00 bits per heavy atom. The van der Waals surface area contributed by atoms with Gasteiger partial charge in [-0.15, -0.1) is 0 Å². The molecule has 138 valence electrons. The summed E-state index contributed by atoms with van der Waals surface area (Å²) < 4.78 is 14.5. The van der Waals surface area contributed by atoms with Crippen molar-refractivity contribution in [3.05, 3.63) is 86.3 Å². The van der Waals surface area contributed by atoms with E-state index in [1.807, 2.05) is 0 Å². The lowest BCUT2D eigenvalue weighted by Crippen LogP contribution is -2.13. The van der Waals surface area contributed by atoms with Crippen LogP contribution in [0.15, 0.2) is 48.7 Å². The van der Waals surface area contributed by atoms with Crippen molar-refractivity contribution in [3.8, 4) is 0 Å². The molecule has 3 aromatic rings. The summed E-state index contributed by atoms with van der Waals surface area (Å²) in [5.41, 5.74) is 1.24. The number of nitrogens with zero attached hydrogens (tertiary/aromatic N) is 3. The topological polar surface area (TPSA) is 90.1 Å². The lowest BCUT2D eigenvalue weighted by atomic mass is 10.1. The summed E-state index contributed by atoms with van der Waals surface area (Å²) in [4.78, 5) is 22.8. The van der Waals surface area contributed by atoms with Gasteiger partial charge in [-0.05, 0) is 30.7 Å². The van der Waals surface area contributed by atoms with Crippen LogP contribution in [0.2, 0.25) is 5.02 Å². The Labute approximate surface area is 158 Å². The van der Waals surface area contributed by atoms with Gasteiger partial charge in [0, 0.05) is 23.4 Å². The number of anilines is 1. The van der Waals surface area contributed by atoms with Gasteiger partial charge in [-0.25, -0.2) is 4.39 Å². The Bertz CT molecular complexity index is 1020. The summed E-state index contributed by atoms with van der Waals surface area (Å²) in [7, 11) is 0. The van der Waals surface area contributed by atoms with Crippen molar-refractivity contribution in [1.29, 1.82) is 0 Å². The Hall–Kier alpha value is -3.26. The summed E-state index contributed by atoms with van der Waals surface area (Å²) in [5.74, 6) is -0.767. The summed E-state index contributed by atoms with van der Waals surface area (Å²) in [6, 6.07) is 10.1. The quantitative estimate of drug-likeness (QED) is 0.524. The number of hydrogen-bond acceptors (Lipinski definition) is 4. The third kappa shape index (κ3) is 4.29. The smallest absolute Gasteiger partial charge is 0.273 e. The van der Waals surface area contributed by atoms with Crippen molar-refractivity contribution < 1.29 is 14.1 Å². The van der Waals surface area contributed by atoms with Gasteiger partial charge in [0.15, 0.2) is 5.82 Å². The number of aryl methyl sites for hydroxylation is 1. The van der Waals surface area contributed by atoms with Crippen LogP contribution in [0.1, 0.15) is 21.5 Å². The van der Waals surface area contributed by atoms with Crippen LogP contribution in [0.5, 0.6) is 0 Å². The van der Waals surface area contributed by atoms with Gasteiger partial charge in [-0.3, -0.25) is 19.6 Å². The van der Waals surface area contributed by atoms with E-state index in [0.717, 1.165) is 5.56 Å². The highest BCUT2D eigenvalue weighted by Gasteiger charge is 2.17. The van der Waals surface area contributed by atoms with E-state index in [9.17, 15) is 19.3 Å². The lowest BCUT2D eigenvalue weighted by Gasteiger charge is -2.04. The molecule has 7 nitrogen and oxygen atoms in total. The fourth-order valence-electron chi connectivity index (χ4n) is 2.47. The molecule has 0 aliphatic carbocycles. The van der Waals surface area contributed by atoms with Gasteiger partial charge in [0.1, 0.15) is 10.8 Å². The molecule has 9 heteroatoms. The van der Waals surface area contributed by atoms with Crippen LogP contribution in [-0.2, 0) is 6.54 Å². The Balaban J connectivity index is 1.77. The van der Waals surface area contributed by atoms with Crippen molar-refractivity contribution in [2.45, 2.75) is 13.5 Å². The molecule has 0 radical (unpaired) electrons. The molecular formula is C18H14ClFN4O3. The van der Waals surface area contributed by atoms with Gasteiger partial charge in [0.2, 0.25) is 0 Å². The molecule has 1 amide bonds. The molecule has 27 heavy (non-hydrogen) atoms. The van der Waals surface area contributed by atoms with Gasteiger partial charge in [0.05, 0.1) is 11.5 Å². The number of nitro groups is 1. The molecule has 2 aromatic carbocycles. The predicted octanol–water partition coefficient (Wildman–Crippen LogP) is 4.19. The normalized spacial score (nSPS) is 10.6. The monoisotopic (exact) mass is 388 g/mol. The number of benzene rings is 2. The number of carbonyl (C=O) groups is 1. The van der Waals surface area contributed by atoms with E-state index in [2.05, 4.69) is 10.4 Å². The highest BCUT2D eigenvalue weighted by Crippen LogP contribution is 2.23. The molecule has 0 aliphatic heterocycles. The lowest BCUT2D eigenvalue weighted by molar-refractivity contribution is -0.385. The highest BCUT2D eigenvalue weighted by molar-refractivity contribution is 6.33. The zero-order valence-electron chi connectivity index (χ0n) is 14.1. The molecule has 0 spiro atoms. The minimum absolute atomic E-state index is 0.122. The fourth-order valence-corrected chi connectivity index (χ4v) is 2.66. The van der Waals surface area contributed by atoms with Gasteiger partial charge in [0.25, 0.3) is 11.6 Å². The first kappa shape index (κ1) is 18.5. The summed E-state index contributed by atoms with van der Waals surface area (Å²) in [6.07, 6.45) is 1.53. The standard InChI is InChI=1S/C18H14ClFN4O3/c1-11-2-5-13(8-16(11)24(26)27)18(25)21-17-15(19)10-23(22-17)9-12-3-6-14(20)7-4-12/h2-8,10H,9H2,1H3,(H,21,22,25). The van der Waals surface area contributed by atoms with E-state index >= 15 is 0 Å². The van der Waals surface area contributed by atoms with E-state index in [-0.39, 0.29) is 27.9 Å². The second-order valence-electron chi connectivity index (χ2n) is 5.86. The average Bonchev–Trinajstić information content (AvgIpc) is 2.96. The fraction of sp³-hybridized carbons (Fsp3) is 0.111. The number of nitrogens with one attached hydrogen (secondary N) is 1. The van der Waals surface area contributed by atoms with Gasteiger partial charge < -0.3 is 5.32 Å². The maximum absolute atomic E-state index is 13.0. The van der Waals surface area contributed by atoms with Gasteiger partial charge in [-0.2, -0.15) is 5.10 Å². The summed E-state index contributed by atoms with van der Waals surface area (Å²) >= 11 is 6.11. The van der Waals surface area contributed by atoms with Crippen molar-refractivity contribution >= 4 is 29.0 Å². The zero-order chi connectivity index (χ0) is 19.6. The van der Waals surface area contributed by atoms with E-state index in [1.54, 1.807) is 19.1 Å². The Morgan fingerprint density at radius 3 is 2.67 bits per heavy atom. The molecule has 1 N–H and O–H groups in total. The van der Waals surface area contributed by atoms with Crippen molar-refractivity contribution in [2.75, 3.05) is 5.32 Å². The number of aromatic nitrogens is 2. The van der Waals surface area contributed by atoms with Crippen LogP contribution >= 0.6 is 11.6 Å². The maximum atomic E-state index is 13.0. The Morgan fingerprint density at radius 1 is 1.30 bits per heavy atom. The number of amides is 1. The molecule has 0 saturated carbocycles. The van der Waals surface area contributed by atoms with Crippen LogP contribution in [-0.4, -0.2) is 20.6 Å². The largest absolute Gasteiger partial charge is 0.304 e. The molecule has 1 aromatic heterocycles. The molecule has 0 bridgehead atoms. The number of carbonyl (C=O) groups excluding carboxylic acids is 1. The van der Waals surface area contributed by atoms with Crippen LogP contribution in [0.4, 0.5) is 15.9 Å². The van der Waals surface area contributed by atoms with Gasteiger partial charge >= 0.3 is 0 Å². The minimum Gasteiger partial charge on any atom is -0.304 e. The molecule has 0 unspecified atom stereocenters. The van der Waals surface area contributed by atoms with Crippen LogP contribution in [0.3, 0.4) is 0 Å². The van der Waals surface area contributed by atoms with E-state index in [1.165, 1.54) is 41.2 Å². The van der Waals surface area contributed by atoms with E-state index in [0.29, 0.717) is 12.1 Å². The summed E-state index contributed by atoms with van der Waals surface area (Å²) in [5, 5.41) is 18.0. The zero-order valence-corrected chi connectivity index (χ0v) is 14.9. The average molecular weight is 389 g/mol. The predicted molar refractivity (Wildman–Crippen MR) is 98.5 cm³/mol. The molecule has 0 atom stereocenters. The van der Waals surface area contributed by atoms with Gasteiger partial charge in [-0.1, -0.05) is 29.8 Å². The summed E-state index contributed by atoms with van der Waals surface area (Å²) in [6.45, 7) is 1.93. The second kappa shape index (κ2) is 7.55. The SMILES string of the molecule is Cc1ccc(C(=O)Nc2nn(Cc3ccc(F)cc3)cc2Cl)cc1[N+](=O)[O-]. The second-order valence-corrected chi connectivity index (χ2v) is 6.27. The van der Waals surface area contributed by atoms with E-state index < -0.39 is 10.8 Å². The first-order valence-corrected chi connectivity index (χ1v) is 8.25. The van der Waals surface area contributed by atoms with Crippen LogP contribution < -0.4 is 5.32 Å². The third-order valence-electron chi connectivity index (χ3n) is 3.87. The first-order chi connectivity index (χ1) is 12.8. The number of nitro benzene ring substituents is 1. The number of hydrogen-bond donors (Lipinski definition) is 1. The molecule has 0 saturated heterocycles. The van der Waals surface area contributed by atoms with Crippen molar-refractivity contribution in [2.24, 2.45) is 0 Å². The number of rotatable bonds is 5. The van der Waals surface area contributed by atoms with Crippen molar-refractivity contribution in [3.63, 3.8) is 0 Å². The van der Waals surface area contributed by atoms with Crippen molar-refractivity contribution in [1.82, 2.24) is 9.78 Å². The molecular weight excluding hydrogens is 375 g/mol. The molecule has 0 aliphatic rings. The molecule has 1 heterocycles. The maximum Gasteiger partial charge on any atom is 0.273 e. The molecule has 3 rings (SSSR count). The third-order valence-corrected chi connectivity index (χ3v) is 4.15. The van der Waals surface area contributed by atoms with Crippen LogP contribution in [0, 0.1) is 22.9 Å². The van der Waals surface area contributed by atoms with Crippen LogP contribution in [0.25, 0.3) is 0 Å². The van der Waals surface area contributed by atoms with E-state index in [4.69, 9.17) is 11.6 Å². The highest BCUT2D eigenvalue weighted by atomic mass is 35.5. The molecule has 0 fully saturated rings. The number of halogens is 2. The minimum atomic E-state index is -0.563. The Kier molecular flexibility index (Phi) is 5.18. The first-order valence-electron chi connectivity index (χ1n) is 7.87.